The summed E-state index contributed by atoms with van der Waals surface area (Å²) in [6, 6.07) is 8.14. The molecule has 0 radical (unpaired) electrons. The fourth-order valence-corrected chi connectivity index (χ4v) is 3.48. The molecule has 108 valence electrons. The van der Waals surface area contributed by atoms with Crippen molar-refractivity contribution in [2.24, 2.45) is 5.92 Å². The average molecular weight is 274 g/mol. The predicted octanol–water partition coefficient (Wildman–Crippen LogP) is 1.10. The van der Waals surface area contributed by atoms with Crippen LogP contribution in [0.25, 0.3) is 0 Å². The van der Waals surface area contributed by atoms with Crippen LogP contribution in [-0.2, 0) is 11.3 Å². The number of benzene rings is 1. The maximum Gasteiger partial charge on any atom is 0.231 e. The summed E-state index contributed by atoms with van der Waals surface area (Å²) in [5.41, 5.74) is 2.36. The van der Waals surface area contributed by atoms with Gasteiger partial charge in [-0.25, -0.2) is 0 Å². The highest BCUT2D eigenvalue weighted by atomic mass is 16.3. The van der Waals surface area contributed by atoms with Crippen molar-refractivity contribution in [1.29, 1.82) is 0 Å². The van der Waals surface area contributed by atoms with E-state index in [2.05, 4.69) is 24.4 Å². The summed E-state index contributed by atoms with van der Waals surface area (Å²) >= 11 is 0. The molecule has 2 N–H and O–H groups in total. The Morgan fingerprint density at radius 3 is 3.05 bits per heavy atom. The molecule has 4 heteroatoms. The lowest BCUT2D eigenvalue weighted by Crippen LogP contribution is -2.45. The number of nitrogens with zero attached hydrogens (tertiary/aromatic N) is 1. The second-order valence-electron chi connectivity index (χ2n) is 5.93. The molecule has 0 saturated carbocycles. The van der Waals surface area contributed by atoms with Gasteiger partial charge in [-0.1, -0.05) is 31.2 Å². The van der Waals surface area contributed by atoms with Crippen molar-refractivity contribution >= 4 is 5.91 Å². The van der Waals surface area contributed by atoms with Gasteiger partial charge in [0.15, 0.2) is 0 Å². The van der Waals surface area contributed by atoms with E-state index < -0.39 is 0 Å². The first-order valence-corrected chi connectivity index (χ1v) is 7.42. The Morgan fingerprint density at radius 2 is 2.25 bits per heavy atom. The Morgan fingerprint density at radius 1 is 1.45 bits per heavy atom. The number of likely N-dealkylation sites (tertiary alicyclic amines) is 1. The number of carbonyl (C=O) groups is 1. The second-order valence-corrected chi connectivity index (χ2v) is 5.93. The molecule has 3 rings (SSSR count). The van der Waals surface area contributed by atoms with Gasteiger partial charge in [-0.3, -0.25) is 4.79 Å². The molecule has 1 fully saturated rings. The molecule has 4 nitrogen and oxygen atoms in total. The molecule has 1 saturated heterocycles. The molecule has 2 aliphatic rings. The van der Waals surface area contributed by atoms with Gasteiger partial charge >= 0.3 is 0 Å². The number of nitrogens with one attached hydrogen (secondary N) is 1. The van der Waals surface area contributed by atoms with Crippen molar-refractivity contribution in [2.45, 2.75) is 31.8 Å². The van der Waals surface area contributed by atoms with Crippen LogP contribution in [0.15, 0.2) is 24.3 Å². The van der Waals surface area contributed by atoms with Crippen molar-refractivity contribution < 1.29 is 9.90 Å². The highest BCUT2D eigenvalue weighted by molar-refractivity contribution is 5.85. The molecule has 0 aromatic heterocycles. The molecule has 1 aromatic carbocycles. The van der Waals surface area contributed by atoms with Crippen molar-refractivity contribution in [3.63, 3.8) is 0 Å². The normalized spacial score (nSPS) is 29.3. The zero-order chi connectivity index (χ0) is 14.1. The average Bonchev–Trinajstić information content (AvgIpc) is 2.86. The summed E-state index contributed by atoms with van der Waals surface area (Å²) in [5.74, 6) is 0.433. The van der Waals surface area contributed by atoms with E-state index in [1.54, 1.807) is 0 Å². The maximum atomic E-state index is 12.9. The lowest BCUT2D eigenvalue weighted by atomic mass is 9.89. The zero-order valence-electron chi connectivity index (χ0n) is 11.9. The Bertz CT molecular complexity index is 503. The van der Waals surface area contributed by atoms with Gasteiger partial charge in [0, 0.05) is 19.6 Å². The largest absolute Gasteiger partial charge is 0.394 e. The minimum absolute atomic E-state index is 0.0170. The van der Waals surface area contributed by atoms with E-state index in [0.717, 1.165) is 25.1 Å². The van der Waals surface area contributed by atoms with Crippen molar-refractivity contribution in [2.75, 3.05) is 19.7 Å². The number of fused-ring (bicyclic) bond motifs is 1. The lowest BCUT2D eigenvalue weighted by molar-refractivity contribution is -0.134. The van der Waals surface area contributed by atoms with Crippen LogP contribution in [0.1, 0.15) is 30.4 Å². The molecule has 0 aliphatic carbocycles. The number of hydrogen-bond donors (Lipinski definition) is 2. The lowest BCUT2D eigenvalue weighted by Gasteiger charge is -2.32. The Kier molecular flexibility index (Phi) is 3.76. The number of aliphatic hydroxyl groups excluding tert-OH is 1. The van der Waals surface area contributed by atoms with Crippen LogP contribution < -0.4 is 5.32 Å². The fraction of sp³-hybridized carbons (Fsp3) is 0.562. The molecular weight excluding hydrogens is 252 g/mol. The Hall–Kier alpha value is -1.39. The van der Waals surface area contributed by atoms with Crippen LogP contribution >= 0.6 is 0 Å². The quantitative estimate of drug-likeness (QED) is 0.849. The molecule has 1 amide bonds. The Balaban J connectivity index is 1.85. The van der Waals surface area contributed by atoms with Gasteiger partial charge in [-0.2, -0.15) is 0 Å². The maximum absolute atomic E-state index is 12.9. The summed E-state index contributed by atoms with van der Waals surface area (Å²) < 4.78 is 0. The molecule has 2 aliphatic heterocycles. The zero-order valence-corrected chi connectivity index (χ0v) is 11.9. The third-order valence-corrected chi connectivity index (χ3v) is 4.75. The first-order valence-electron chi connectivity index (χ1n) is 7.42. The molecular formula is C16H22N2O2. The minimum Gasteiger partial charge on any atom is -0.394 e. The van der Waals surface area contributed by atoms with Crippen LogP contribution in [0.5, 0.6) is 0 Å². The van der Waals surface area contributed by atoms with E-state index >= 15 is 0 Å². The van der Waals surface area contributed by atoms with E-state index in [0.29, 0.717) is 12.5 Å². The molecule has 1 aromatic rings. The minimum atomic E-state index is -0.112. The molecule has 3 atom stereocenters. The van der Waals surface area contributed by atoms with E-state index in [9.17, 15) is 9.90 Å². The monoisotopic (exact) mass is 274 g/mol. The number of hydrogen-bond acceptors (Lipinski definition) is 3. The summed E-state index contributed by atoms with van der Waals surface area (Å²) in [4.78, 5) is 14.7. The van der Waals surface area contributed by atoms with Gasteiger partial charge in [-0.05, 0) is 23.5 Å². The van der Waals surface area contributed by atoms with Gasteiger partial charge < -0.3 is 15.3 Å². The van der Waals surface area contributed by atoms with Crippen LogP contribution in [-0.4, -0.2) is 41.7 Å². The smallest absolute Gasteiger partial charge is 0.231 e. The van der Waals surface area contributed by atoms with Gasteiger partial charge in [0.05, 0.1) is 18.6 Å². The first kappa shape index (κ1) is 13.6. The van der Waals surface area contributed by atoms with Crippen LogP contribution in [0.4, 0.5) is 0 Å². The van der Waals surface area contributed by atoms with E-state index in [1.165, 1.54) is 5.56 Å². The number of aliphatic hydroxyl groups is 1. The third kappa shape index (κ3) is 2.23. The van der Waals surface area contributed by atoms with E-state index in [4.69, 9.17) is 0 Å². The molecule has 3 unspecified atom stereocenters. The van der Waals surface area contributed by atoms with Crippen molar-refractivity contribution in [3.05, 3.63) is 35.4 Å². The molecule has 0 spiro atoms. The molecule has 20 heavy (non-hydrogen) atoms. The highest BCUT2D eigenvalue weighted by Crippen LogP contribution is 2.30. The fourth-order valence-electron chi connectivity index (χ4n) is 3.48. The van der Waals surface area contributed by atoms with Gasteiger partial charge in [-0.15, -0.1) is 0 Å². The van der Waals surface area contributed by atoms with Gasteiger partial charge in [0.1, 0.15) is 0 Å². The van der Waals surface area contributed by atoms with Crippen LogP contribution in [0.3, 0.4) is 0 Å². The summed E-state index contributed by atoms with van der Waals surface area (Å²) in [6.45, 7) is 4.47. The van der Waals surface area contributed by atoms with Gasteiger partial charge in [0.25, 0.3) is 0 Å². The molecule has 2 heterocycles. The Labute approximate surface area is 119 Å². The van der Waals surface area contributed by atoms with Crippen molar-refractivity contribution in [1.82, 2.24) is 10.2 Å². The van der Waals surface area contributed by atoms with Crippen LogP contribution in [0.2, 0.25) is 0 Å². The highest BCUT2D eigenvalue weighted by Gasteiger charge is 2.38. The number of amides is 1. The third-order valence-electron chi connectivity index (χ3n) is 4.75. The summed E-state index contributed by atoms with van der Waals surface area (Å²) in [6.07, 6.45) is 0.985. The van der Waals surface area contributed by atoms with E-state index in [1.807, 2.05) is 17.0 Å². The summed E-state index contributed by atoms with van der Waals surface area (Å²) in [5, 5.41) is 12.9. The standard InChI is InChI=1S/C16H22N2O2/c1-11-6-7-18(15(11)10-19)16(20)14-9-17-8-12-4-2-3-5-13(12)14/h2-5,11,14-15,17,19H,6-10H2,1H3. The van der Waals surface area contributed by atoms with Gasteiger partial charge in [0.2, 0.25) is 5.91 Å². The number of rotatable bonds is 2. The second kappa shape index (κ2) is 5.54. The topological polar surface area (TPSA) is 52.6 Å². The molecule has 0 bridgehead atoms. The van der Waals surface area contributed by atoms with Crippen molar-refractivity contribution in [3.8, 4) is 0 Å². The number of carbonyl (C=O) groups excluding carboxylic acids is 1. The predicted molar refractivity (Wildman–Crippen MR) is 77.3 cm³/mol. The van der Waals surface area contributed by atoms with E-state index in [-0.39, 0.29) is 24.5 Å². The SMILES string of the molecule is CC1CCN(C(=O)C2CNCc3ccccc32)C1CO. The van der Waals surface area contributed by atoms with Crippen LogP contribution in [0, 0.1) is 5.92 Å². The first-order chi connectivity index (χ1) is 9.72. The summed E-state index contributed by atoms with van der Waals surface area (Å²) in [7, 11) is 0.